The van der Waals surface area contributed by atoms with Crippen molar-refractivity contribution in [1.29, 1.82) is 0 Å². The summed E-state index contributed by atoms with van der Waals surface area (Å²) in [4.78, 5) is 20.5. The number of hydrogen-bond donors (Lipinski definition) is 0. The molecule has 2 aliphatic rings. The first kappa shape index (κ1) is 28.8. The Morgan fingerprint density at radius 1 is 0.947 bits per heavy atom. The molecule has 2 heterocycles. The van der Waals surface area contributed by atoms with Gasteiger partial charge in [-0.25, -0.2) is 8.42 Å². The normalized spacial score (nSPS) is 19.3. The molecule has 208 valence electrons. The number of carbonyl (C=O) groups is 1. The summed E-state index contributed by atoms with van der Waals surface area (Å²) >= 11 is 0. The van der Waals surface area contributed by atoms with Gasteiger partial charge in [-0.2, -0.15) is 0 Å². The molecule has 0 saturated carbocycles. The third-order valence-electron chi connectivity index (χ3n) is 8.68. The molecule has 1 unspecified atom stereocenters. The lowest BCUT2D eigenvalue weighted by molar-refractivity contribution is -0.133. The number of carbonyl (C=O) groups excluding carboxylic acids is 1. The van der Waals surface area contributed by atoms with Gasteiger partial charge in [0.1, 0.15) is 0 Å². The van der Waals surface area contributed by atoms with Crippen LogP contribution < -0.4 is 0 Å². The number of sulfone groups is 1. The monoisotopic (exact) mass is 539 g/mol. The first-order valence-corrected chi connectivity index (χ1v) is 16.2. The largest absolute Gasteiger partial charge is 0.340 e. The average Bonchev–Trinajstić information content (AvgIpc) is 2.91. The third-order valence-corrected chi connectivity index (χ3v) is 9.81. The van der Waals surface area contributed by atoms with Crippen molar-refractivity contribution in [2.75, 3.05) is 52.6 Å². The van der Waals surface area contributed by atoms with Crippen LogP contribution in [0.4, 0.5) is 0 Å². The summed E-state index contributed by atoms with van der Waals surface area (Å²) < 4.78 is 23.4. The van der Waals surface area contributed by atoms with E-state index in [1.54, 1.807) is 24.3 Å². The Hall–Kier alpha value is -2.22. The molecule has 7 heteroatoms. The van der Waals surface area contributed by atoms with Gasteiger partial charge in [0, 0.05) is 31.9 Å². The molecule has 6 nitrogen and oxygen atoms in total. The van der Waals surface area contributed by atoms with Gasteiger partial charge < -0.3 is 14.7 Å². The van der Waals surface area contributed by atoms with E-state index in [4.69, 9.17) is 0 Å². The fraction of sp³-hybridized carbons (Fsp3) is 0.581. The van der Waals surface area contributed by atoms with Gasteiger partial charge in [-0.15, -0.1) is 0 Å². The van der Waals surface area contributed by atoms with Crippen LogP contribution in [0.1, 0.15) is 56.1 Å². The molecule has 2 aliphatic heterocycles. The molecule has 2 fully saturated rings. The van der Waals surface area contributed by atoms with E-state index in [1.165, 1.54) is 44.2 Å². The molecule has 0 bridgehead atoms. The van der Waals surface area contributed by atoms with Crippen LogP contribution in [0.15, 0.2) is 59.5 Å². The topological polar surface area (TPSA) is 60.9 Å². The van der Waals surface area contributed by atoms with E-state index in [-0.39, 0.29) is 11.9 Å². The van der Waals surface area contributed by atoms with Crippen molar-refractivity contribution in [2.45, 2.75) is 62.3 Å². The number of piperidine rings is 2. The maximum absolute atomic E-state index is 13.2. The summed E-state index contributed by atoms with van der Waals surface area (Å²) in [7, 11) is -0.995. The lowest BCUT2D eigenvalue weighted by Gasteiger charge is -2.39. The highest BCUT2D eigenvalue weighted by Crippen LogP contribution is 2.35. The van der Waals surface area contributed by atoms with Crippen LogP contribution >= 0.6 is 0 Å². The van der Waals surface area contributed by atoms with E-state index < -0.39 is 9.84 Å². The van der Waals surface area contributed by atoms with Gasteiger partial charge in [-0.1, -0.05) is 42.5 Å². The Morgan fingerprint density at radius 2 is 1.58 bits per heavy atom. The second-order valence-electron chi connectivity index (χ2n) is 11.3. The van der Waals surface area contributed by atoms with E-state index in [9.17, 15) is 13.2 Å². The molecule has 38 heavy (non-hydrogen) atoms. The van der Waals surface area contributed by atoms with Crippen molar-refractivity contribution in [3.8, 4) is 0 Å². The van der Waals surface area contributed by atoms with Crippen LogP contribution in [0.25, 0.3) is 0 Å². The number of likely N-dealkylation sites (N-methyl/N-ethyl adjacent to an activating group) is 1. The highest BCUT2D eigenvalue weighted by Gasteiger charge is 2.30. The van der Waals surface area contributed by atoms with Crippen molar-refractivity contribution in [3.05, 3.63) is 65.7 Å². The molecule has 0 aliphatic carbocycles. The molecule has 0 N–H and O–H groups in total. The van der Waals surface area contributed by atoms with Crippen molar-refractivity contribution in [3.63, 3.8) is 0 Å². The lowest BCUT2D eigenvalue weighted by Crippen LogP contribution is -2.48. The van der Waals surface area contributed by atoms with Gasteiger partial charge >= 0.3 is 0 Å². The van der Waals surface area contributed by atoms with Gasteiger partial charge in [0.25, 0.3) is 0 Å². The highest BCUT2D eigenvalue weighted by molar-refractivity contribution is 7.90. The number of nitrogens with zero attached hydrogens (tertiary/aromatic N) is 3. The van der Waals surface area contributed by atoms with Gasteiger partial charge in [0.15, 0.2) is 9.84 Å². The molecule has 2 aromatic rings. The molecular weight excluding hydrogens is 494 g/mol. The summed E-state index contributed by atoms with van der Waals surface area (Å²) in [5, 5.41) is 0. The van der Waals surface area contributed by atoms with E-state index in [2.05, 4.69) is 54.1 Å². The second-order valence-corrected chi connectivity index (χ2v) is 13.3. The first-order valence-electron chi connectivity index (χ1n) is 14.3. The Bertz CT molecular complexity index is 1120. The minimum absolute atomic E-state index is 0.129. The summed E-state index contributed by atoms with van der Waals surface area (Å²) in [6, 6.07) is 18.1. The quantitative estimate of drug-likeness (QED) is 0.446. The highest BCUT2D eigenvalue weighted by atomic mass is 32.2. The van der Waals surface area contributed by atoms with Crippen LogP contribution in [0, 0.1) is 5.92 Å². The molecule has 0 aromatic heterocycles. The summed E-state index contributed by atoms with van der Waals surface area (Å²) in [6.07, 6.45) is 7.30. The Balaban J connectivity index is 1.29. The second kappa shape index (κ2) is 13.2. The van der Waals surface area contributed by atoms with E-state index in [0.29, 0.717) is 23.8 Å². The Kier molecular flexibility index (Phi) is 10.0. The zero-order chi connectivity index (χ0) is 27.1. The van der Waals surface area contributed by atoms with Gasteiger partial charge in [0.2, 0.25) is 5.91 Å². The molecule has 2 aromatic carbocycles. The van der Waals surface area contributed by atoms with E-state index in [0.717, 1.165) is 44.0 Å². The van der Waals surface area contributed by atoms with Crippen molar-refractivity contribution in [2.24, 2.45) is 5.92 Å². The average molecular weight is 540 g/mol. The predicted molar refractivity (Wildman–Crippen MR) is 154 cm³/mol. The minimum atomic E-state index is -3.23. The molecule has 2 saturated heterocycles. The molecular formula is C31H45N3O3S. The Labute approximate surface area is 229 Å². The number of likely N-dealkylation sites (tertiary alicyclic amines) is 2. The fourth-order valence-electron chi connectivity index (χ4n) is 6.35. The molecule has 1 atom stereocenters. The number of benzene rings is 2. The maximum Gasteiger partial charge on any atom is 0.227 e. The van der Waals surface area contributed by atoms with Crippen LogP contribution in [0.3, 0.4) is 0 Å². The van der Waals surface area contributed by atoms with E-state index >= 15 is 0 Å². The van der Waals surface area contributed by atoms with Gasteiger partial charge in [0.05, 0.1) is 11.3 Å². The van der Waals surface area contributed by atoms with E-state index in [1.807, 2.05) is 4.90 Å². The number of hydrogen-bond acceptors (Lipinski definition) is 5. The summed E-state index contributed by atoms with van der Waals surface area (Å²) in [6.45, 7) is 8.34. The number of rotatable bonds is 10. The Morgan fingerprint density at radius 3 is 2.16 bits per heavy atom. The summed E-state index contributed by atoms with van der Waals surface area (Å²) in [5.41, 5.74) is 2.35. The van der Waals surface area contributed by atoms with Crippen LogP contribution in [-0.2, 0) is 21.1 Å². The third kappa shape index (κ3) is 7.67. The van der Waals surface area contributed by atoms with Crippen molar-refractivity contribution in [1.82, 2.24) is 14.7 Å². The van der Waals surface area contributed by atoms with Crippen molar-refractivity contribution >= 4 is 15.7 Å². The molecule has 4 rings (SSSR count). The zero-order valence-electron chi connectivity index (χ0n) is 23.4. The van der Waals surface area contributed by atoms with Crippen LogP contribution in [0.2, 0.25) is 0 Å². The molecule has 0 spiro atoms. The van der Waals surface area contributed by atoms with Crippen LogP contribution in [-0.4, -0.2) is 87.6 Å². The fourth-order valence-corrected chi connectivity index (χ4v) is 6.98. The first-order chi connectivity index (χ1) is 18.2. The predicted octanol–water partition coefficient (Wildman–Crippen LogP) is 4.46. The van der Waals surface area contributed by atoms with Gasteiger partial charge in [-0.05, 0) is 101 Å². The SMILES string of the molecule is CCN(C(=O)Cc1ccc(S(C)(=O)=O)cc1)C1CCN(CCC(c2ccccc2)C2CCN(C)CC2)CC1. The zero-order valence-corrected chi connectivity index (χ0v) is 24.2. The molecule has 0 radical (unpaired) electrons. The standard InChI is InChI=1S/C31H45N3O3S/c1-4-34(31(35)24-25-10-12-29(13-11-25)38(3,36)37)28-16-21-33(22-17-28)23-18-30(26-8-6-5-7-9-26)27-14-19-32(2)20-15-27/h5-13,27-28,30H,4,14-24H2,1-3H3. The lowest BCUT2D eigenvalue weighted by atomic mass is 9.78. The number of amides is 1. The van der Waals surface area contributed by atoms with Crippen LogP contribution in [0.5, 0.6) is 0 Å². The smallest absolute Gasteiger partial charge is 0.227 e. The maximum atomic E-state index is 13.2. The summed E-state index contributed by atoms with van der Waals surface area (Å²) in [5.74, 6) is 1.50. The van der Waals surface area contributed by atoms with Crippen molar-refractivity contribution < 1.29 is 13.2 Å². The van der Waals surface area contributed by atoms with Gasteiger partial charge in [-0.3, -0.25) is 4.79 Å². The molecule has 1 amide bonds. The minimum Gasteiger partial charge on any atom is -0.340 e.